The molecule has 1 saturated carbocycles. The lowest BCUT2D eigenvalue weighted by Gasteiger charge is -2.29. The Bertz CT molecular complexity index is 1120. The average Bonchev–Trinajstić information content (AvgIpc) is 3.39. The van der Waals surface area contributed by atoms with Gasteiger partial charge in [0.2, 0.25) is 0 Å². The van der Waals surface area contributed by atoms with E-state index in [9.17, 15) is 18.4 Å². The van der Waals surface area contributed by atoms with Crippen molar-refractivity contribution >= 4 is 22.7 Å². The van der Waals surface area contributed by atoms with Crippen molar-refractivity contribution in [2.75, 3.05) is 19.7 Å². The fourth-order valence-electron chi connectivity index (χ4n) is 4.19. The number of nitrogens with zero attached hydrogens (tertiary/aromatic N) is 4. The van der Waals surface area contributed by atoms with E-state index in [0.29, 0.717) is 30.0 Å². The monoisotopic (exact) mass is 443 g/mol. The maximum absolute atomic E-state index is 13.2. The number of fused-ring (bicyclic) bond motifs is 2. The van der Waals surface area contributed by atoms with Crippen LogP contribution in [0, 0.1) is 0 Å². The zero-order chi connectivity index (χ0) is 22.2. The molecule has 1 aliphatic carbocycles. The molecule has 1 aromatic carbocycles. The van der Waals surface area contributed by atoms with Crippen molar-refractivity contribution < 1.29 is 23.1 Å². The van der Waals surface area contributed by atoms with Gasteiger partial charge in [-0.05, 0) is 25.0 Å². The van der Waals surface area contributed by atoms with Crippen LogP contribution in [0.25, 0.3) is 10.9 Å². The van der Waals surface area contributed by atoms with E-state index in [1.54, 1.807) is 14.5 Å². The Morgan fingerprint density at radius 2 is 2.06 bits per heavy atom. The lowest BCUT2D eigenvalue weighted by atomic mass is 10.1. The highest BCUT2D eigenvalue weighted by atomic mass is 19.3. The van der Waals surface area contributed by atoms with Crippen LogP contribution >= 0.6 is 0 Å². The Labute approximate surface area is 182 Å². The van der Waals surface area contributed by atoms with Gasteiger partial charge in [-0.1, -0.05) is 18.2 Å². The number of alkyl halides is 2. The second-order valence-electron chi connectivity index (χ2n) is 8.09. The van der Waals surface area contributed by atoms with Gasteiger partial charge in [0.25, 0.3) is 11.8 Å². The summed E-state index contributed by atoms with van der Waals surface area (Å²) in [6, 6.07) is 9.54. The average molecular weight is 443 g/mol. The molecule has 0 bridgehead atoms. The quantitative estimate of drug-likeness (QED) is 0.609. The lowest BCUT2D eigenvalue weighted by Crippen LogP contribution is -2.41. The van der Waals surface area contributed by atoms with E-state index in [1.165, 1.54) is 6.20 Å². The highest BCUT2D eigenvalue weighted by molar-refractivity contribution is 5.99. The van der Waals surface area contributed by atoms with Crippen molar-refractivity contribution in [2.24, 2.45) is 0 Å². The van der Waals surface area contributed by atoms with E-state index in [4.69, 9.17) is 0 Å². The molecule has 2 amide bonds. The number of hydrogen-bond donors (Lipinski definition) is 1. The maximum atomic E-state index is 13.2. The third-order valence-electron chi connectivity index (χ3n) is 5.97. The van der Waals surface area contributed by atoms with Crippen molar-refractivity contribution in [2.45, 2.75) is 38.6 Å². The summed E-state index contributed by atoms with van der Waals surface area (Å²) in [6.07, 6.45) is 3.20. The molecule has 0 unspecified atom stereocenters. The number of rotatable bonds is 7. The second kappa shape index (κ2) is 8.34. The molecule has 32 heavy (non-hydrogen) atoms. The standard InChI is InChI=1S/C22H23F2N5O3/c23-22(24)32-10-9-28(15-5-6-15)20(30)16-12-25-29-8-7-27(13-19(16)29)21(31)18-11-14-3-1-2-4-17(14)26-18/h1-4,11-12,15,22,26H,5-10,13H2. The van der Waals surface area contributed by atoms with Gasteiger partial charge in [0.15, 0.2) is 0 Å². The minimum Gasteiger partial charge on any atom is -0.351 e. The molecule has 2 aromatic heterocycles. The zero-order valence-electron chi connectivity index (χ0n) is 17.3. The molecule has 0 atom stereocenters. The number of carbonyl (C=O) groups excluding carboxylic acids is 2. The molecule has 3 heterocycles. The van der Waals surface area contributed by atoms with E-state index in [1.807, 2.05) is 30.3 Å². The second-order valence-corrected chi connectivity index (χ2v) is 8.09. The van der Waals surface area contributed by atoms with Crippen LogP contribution in [0.4, 0.5) is 8.78 Å². The lowest BCUT2D eigenvalue weighted by molar-refractivity contribution is -0.130. The molecular weight excluding hydrogens is 420 g/mol. The number of hydrogen-bond acceptors (Lipinski definition) is 4. The molecule has 5 rings (SSSR count). The van der Waals surface area contributed by atoms with E-state index in [2.05, 4.69) is 14.8 Å². The summed E-state index contributed by atoms with van der Waals surface area (Å²) in [6.45, 7) is -1.79. The molecule has 3 aromatic rings. The summed E-state index contributed by atoms with van der Waals surface area (Å²) in [4.78, 5) is 32.8. The van der Waals surface area contributed by atoms with Gasteiger partial charge < -0.3 is 19.5 Å². The van der Waals surface area contributed by atoms with Crippen LogP contribution in [0.5, 0.6) is 0 Å². The molecule has 1 aliphatic heterocycles. The van der Waals surface area contributed by atoms with Crippen molar-refractivity contribution in [3.63, 3.8) is 0 Å². The number of aromatic nitrogens is 3. The van der Waals surface area contributed by atoms with Crippen molar-refractivity contribution in [1.82, 2.24) is 24.6 Å². The summed E-state index contributed by atoms with van der Waals surface area (Å²) >= 11 is 0. The minimum absolute atomic E-state index is 0.0343. The number of carbonyl (C=O) groups is 2. The largest absolute Gasteiger partial charge is 0.351 e. The first-order valence-electron chi connectivity index (χ1n) is 10.6. The first kappa shape index (κ1) is 20.6. The summed E-state index contributed by atoms with van der Waals surface area (Å²) in [5.74, 6) is -0.400. The molecule has 0 spiro atoms. The minimum atomic E-state index is -2.86. The number of amides is 2. The Kier molecular flexibility index (Phi) is 5.38. The molecule has 8 nitrogen and oxygen atoms in total. The Hall–Kier alpha value is -3.27. The Morgan fingerprint density at radius 1 is 1.25 bits per heavy atom. The smallest absolute Gasteiger partial charge is 0.345 e. The first-order chi connectivity index (χ1) is 15.5. The fourth-order valence-corrected chi connectivity index (χ4v) is 4.19. The highest BCUT2D eigenvalue weighted by Crippen LogP contribution is 2.29. The van der Waals surface area contributed by atoms with E-state index < -0.39 is 6.61 Å². The number of nitrogens with one attached hydrogen (secondary N) is 1. The van der Waals surface area contributed by atoms with Gasteiger partial charge in [-0.2, -0.15) is 13.9 Å². The summed E-state index contributed by atoms with van der Waals surface area (Å²) < 4.78 is 30.8. The molecule has 2 aliphatic rings. The van der Waals surface area contributed by atoms with Crippen molar-refractivity contribution in [3.05, 3.63) is 53.5 Å². The van der Waals surface area contributed by atoms with Crippen LogP contribution < -0.4 is 0 Å². The summed E-state index contributed by atoms with van der Waals surface area (Å²) in [5, 5.41) is 5.28. The third kappa shape index (κ3) is 3.97. The van der Waals surface area contributed by atoms with Crippen LogP contribution in [-0.4, -0.2) is 68.7 Å². The number of benzene rings is 1. The predicted molar refractivity (Wildman–Crippen MR) is 111 cm³/mol. The molecule has 1 fully saturated rings. The van der Waals surface area contributed by atoms with Crippen LogP contribution in [0.1, 0.15) is 39.4 Å². The Balaban J connectivity index is 1.34. The number of ether oxygens (including phenoxy) is 1. The van der Waals surface area contributed by atoms with Crippen LogP contribution in [0.3, 0.4) is 0 Å². The molecule has 0 saturated heterocycles. The van der Waals surface area contributed by atoms with Gasteiger partial charge in [-0.25, -0.2) is 0 Å². The van der Waals surface area contributed by atoms with Crippen LogP contribution in [0.2, 0.25) is 0 Å². The van der Waals surface area contributed by atoms with E-state index >= 15 is 0 Å². The topological polar surface area (TPSA) is 83.5 Å². The van der Waals surface area contributed by atoms with Crippen molar-refractivity contribution in [3.8, 4) is 0 Å². The van der Waals surface area contributed by atoms with E-state index in [-0.39, 0.29) is 37.6 Å². The van der Waals surface area contributed by atoms with Crippen molar-refractivity contribution in [1.29, 1.82) is 0 Å². The zero-order valence-corrected chi connectivity index (χ0v) is 17.3. The normalized spacial score (nSPS) is 15.9. The number of aromatic amines is 1. The molecule has 168 valence electrons. The van der Waals surface area contributed by atoms with Gasteiger partial charge in [0, 0.05) is 30.0 Å². The van der Waals surface area contributed by atoms with Gasteiger partial charge in [0.1, 0.15) is 5.69 Å². The maximum Gasteiger partial charge on any atom is 0.345 e. The van der Waals surface area contributed by atoms with Gasteiger partial charge in [0.05, 0.1) is 37.2 Å². The SMILES string of the molecule is O=C(c1cc2ccccc2[nH]1)N1CCn2ncc(C(=O)N(CCOC(F)F)C3CC3)c2C1. The summed E-state index contributed by atoms with van der Waals surface area (Å²) in [7, 11) is 0. The number of H-pyrrole nitrogens is 1. The number of para-hydroxylation sites is 1. The van der Waals surface area contributed by atoms with Gasteiger partial charge >= 0.3 is 6.61 Å². The van der Waals surface area contributed by atoms with Crippen LogP contribution in [-0.2, 0) is 17.8 Å². The van der Waals surface area contributed by atoms with Crippen LogP contribution in [0.15, 0.2) is 36.5 Å². The summed E-state index contributed by atoms with van der Waals surface area (Å²) in [5.41, 5.74) is 2.45. The molecule has 1 N–H and O–H groups in total. The molecule has 10 heteroatoms. The van der Waals surface area contributed by atoms with Gasteiger partial charge in [-0.3, -0.25) is 14.3 Å². The highest BCUT2D eigenvalue weighted by Gasteiger charge is 2.36. The molecule has 0 radical (unpaired) electrons. The Morgan fingerprint density at radius 3 is 2.81 bits per heavy atom. The molecular formula is C22H23F2N5O3. The fraction of sp³-hybridized carbons (Fsp3) is 0.409. The van der Waals surface area contributed by atoms with Gasteiger partial charge in [-0.15, -0.1) is 0 Å². The van der Waals surface area contributed by atoms with E-state index in [0.717, 1.165) is 23.7 Å². The third-order valence-corrected chi connectivity index (χ3v) is 5.97. The first-order valence-corrected chi connectivity index (χ1v) is 10.6. The number of halogens is 2. The predicted octanol–water partition coefficient (Wildman–Crippen LogP) is 2.86.